The minimum Gasteiger partial charge on any atom is -0.309 e. The molecule has 0 unspecified atom stereocenters. The van der Waals surface area contributed by atoms with Gasteiger partial charge in [0.05, 0.1) is 27.8 Å². The van der Waals surface area contributed by atoms with Crippen LogP contribution in [-0.2, 0) is 5.41 Å². The van der Waals surface area contributed by atoms with Crippen molar-refractivity contribution in [2.45, 2.75) is 19.3 Å². The fourth-order valence-electron chi connectivity index (χ4n) is 9.00. The first-order valence-electron chi connectivity index (χ1n) is 17.2. The van der Waals surface area contributed by atoms with Crippen molar-refractivity contribution in [2.24, 2.45) is 0 Å². The van der Waals surface area contributed by atoms with E-state index in [1.165, 1.54) is 98.8 Å². The Morgan fingerprint density at radius 2 is 0.878 bits per heavy atom. The Morgan fingerprint density at radius 1 is 0.388 bits per heavy atom. The first-order chi connectivity index (χ1) is 24.1. The third kappa shape index (κ3) is 3.50. The monoisotopic (exact) mass is 624 g/mol. The van der Waals surface area contributed by atoms with E-state index in [-0.39, 0.29) is 5.41 Å². The standard InChI is InChI=1S/C47H32N2/c1-47(2)39-27-30-25-31(48-41-19-9-5-13-32(41)33-14-6-10-20-42(33)48)24-23-29(30)26-38(39)46-37-18-4-3-17-36(37)45(28-40(46)47)49-43-21-11-7-15-34(43)35-16-8-12-22-44(35)49/h3-28H,1-2H3. The van der Waals surface area contributed by atoms with Crippen LogP contribution in [0.2, 0.25) is 0 Å². The average molecular weight is 625 g/mol. The highest BCUT2D eigenvalue weighted by Crippen LogP contribution is 2.54. The molecule has 0 fully saturated rings. The summed E-state index contributed by atoms with van der Waals surface area (Å²) in [5, 5.41) is 10.3. The predicted molar refractivity (Wildman–Crippen MR) is 208 cm³/mol. The SMILES string of the molecule is CC1(C)c2cc3cc(-n4c5ccccc5c5ccccc54)ccc3cc2-c2c1cc(-n1c3ccccc3c3ccccc31)c1ccccc21. The van der Waals surface area contributed by atoms with Gasteiger partial charge in [-0.25, -0.2) is 0 Å². The van der Waals surface area contributed by atoms with Gasteiger partial charge in [0.1, 0.15) is 0 Å². The molecule has 0 radical (unpaired) electrons. The second-order valence-corrected chi connectivity index (χ2v) is 14.2. The van der Waals surface area contributed by atoms with E-state index in [2.05, 4.69) is 181 Å². The van der Waals surface area contributed by atoms with Gasteiger partial charge in [-0.1, -0.05) is 117 Å². The van der Waals surface area contributed by atoms with Gasteiger partial charge in [-0.2, -0.15) is 0 Å². The summed E-state index contributed by atoms with van der Waals surface area (Å²) >= 11 is 0. The van der Waals surface area contributed by atoms with E-state index in [9.17, 15) is 0 Å². The van der Waals surface area contributed by atoms with Crippen molar-refractivity contribution in [2.75, 3.05) is 0 Å². The Labute approximate surface area is 284 Å². The van der Waals surface area contributed by atoms with E-state index < -0.39 is 0 Å². The molecular formula is C47H32N2. The number of benzene rings is 8. The number of fused-ring (bicyclic) bond motifs is 12. The zero-order valence-electron chi connectivity index (χ0n) is 27.4. The first-order valence-corrected chi connectivity index (χ1v) is 17.2. The van der Waals surface area contributed by atoms with Crippen LogP contribution < -0.4 is 0 Å². The van der Waals surface area contributed by atoms with Gasteiger partial charge in [0, 0.05) is 38.0 Å². The Hall–Kier alpha value is -6.12. The Balaban J connectivity index is 1.17. The summed E-state index contributed by atoms with van der Waals surface area (Å²) < 4.78 is 4.91. The van der Waals surface area contributed by atoms with E-state index in [1.807, 2.05) is 0 Å². The summed E-state index contributed by atoms with van der Waals surface area (Å²) in [6.45, 7) is 4.81. The molecule has 0 amide bonds. The molecule has 0 N–H and O–H groups in total. The van der Waals surface area contributed by atoms with Crippen LogP contribution in [0.25, 0.3) is 87.7 Å². The van der Waals surface area contributed by atoms with E-state index >= 15 is 0 Å². The molecule has 2 nitrogen and oxygen atoms in total. The smallest absolute Gasteiger partial charge is 0.0544 e. The topological polar surface area (TPSA) is 9.86 Å². The molecule has 1 aliphatic rings. The zero-order chi connectivity index (χ0) is 32.4. The summed E-state index contributed by atoms with van der Waals surface area (Å²) in [6, 6.07) is 58.6. The lowest BCUT2D eigenvalue weighted by atomic mass is 9.81. The fraction of sp³-hybridized carbons (Fsp3) is 0.0638. The van der Waals surface area contributed by atoms with Crippen LogP contribution in [0.15, 0.2) is 158 Å². The fourth-order valence-corrected chi connectivity index (χ4v) is 9.00. The minimum atomic E-state index is -0.181. The van der Waals surface area contributed by atoms with Crippen LogP contribution in [0.4, 0.5) is 0 Å². The van der Waals surface area contributed by atoms with Gasteiger partial charge in [-0.3, -0.25) is 0 Å². The van der Waals surface area contributed by atoms with Crippen molar-refractivity contribution in [1.82, 2.24) is 9.13 Å². The highest BCUT2D eigenvalue weighted by Gasteiger charge is 2.38. The molecule has 0 bridgehead atoms. The number of nitrogens with zero attached hydrogens (tertiary/aromatic N) is 2. The maximum atomic E-state index is 2.49. The molecule has 0 aliphatic heterocycles. The molecule has 49 heavy (non-hydrogen) atoms. The van der Waals surface area contributed by atoms with Crippen molar-refractivity contribution in [3.8, 4) is 22.5 Å². The molecule has 8 aromatic carbocycles. The second-order valence-electron chi connectivity index (χ2n) is 14.2. The van der Waals surface area contributed by atoms with Crippen LogP contribution in [0, 0.1) is 0 Å². The van der Waals surface area contributed by atoms with Gasteiger partial charge in [0.25, 0.3) is 0 Å². The third-order valence-corrected chi connectivity index (χ3v) is 11.3. The number of para-hydroxylation sites is 4. The van der Waals surface area contributed by atoms with Crippen LogP contribution in [0.3, 0.4) is 0 Å². The zero-order valence-corrected chi connectivity index (χ0v) is 27.4. The number of hydrogen-bond donors (Lipinski definition) is 0. The Bertz CT molecular complexity index is 2920. The number of aromatic nitrogens is 2. The van der Waals surface area contributed by atoms with Crippen molar-refractivity contribution in [3.05, 3.63) is 169 Å². The summed E-state index contributed by atoms with van der Waals surface area (Å²) in [4.78, 5) is 0. The van der Waals surface area contributed by atoms with Gasteiger partial charge < -0.3 is 9.13 Å². The van der Waals surface area contributed by atoms with Crippen LogP contribution in [0.5, 0.6) is 0 Å². The number of hydrogen-bond acceptors (Lipinski definition) is 0. The quantitative estimate of drug-likeness (QED) is 0.181. The highest BCUT2D eigenvalue weighted by atomic mass is 15.0. The van der Waals surface area contributed by atoms with Gasteiger partial charge in [-0.05, 0) is 93.0 Å². The summed E-state index contributed by atoms with van der Waals surface area (Å²) in [6.07, 6.45) is 0. The van der Waals surface area contributed by atoms with Crippen LogP contribution in [0.1, 0.15) is 25.0 Å². The molecule has 230 valence electrons. The summed E-state index contributed by atoms with van der Waals surface area (Å²) in [5.74, 6) is 0. The molecular weight excluding hydrogens is 593 g/mol. The van der Waals surface area contributed by atoms with E-state index in [0.29, 0.717) is 0 Å². The van der Waals surface area contributed by atoms with Crippen LogP contribution in [-0.4, -0.2) is 9.13 Å². The molecule has 2 heteroatoms. The maximum absolute atomic E-state index is 2.49. The normalized spacial score (nSPS) is 13.7. The minimum absolute atomic E-state index is 0.181. The lowest BCUT2D eigenvalue weighted by Gasteiger charge is -2.24. The molecule has 2 heterocycles. The largest absolute Gasteiger partial charge is 0.309 e. The lowest BCUT2D eigenvalue weighted by Crippen LogP contribution is -2.15. The molecule has 0 saturated heterocycles. The van der Waals surface area contributed by atoms with E-state index in [1.54, 1.807) is 0 Å². The van der Waals surface area contributed by atoms with Gasteiger partial charge in [0.2, 0.25) is 0 Å². The lowest BCUT2D eigenvalue weighted by molar-refractivity contribution is 0.661. The molecule has 10 aromatic rings. The maximum Gasteiger partial charge on any atom is 0.0544 e. The van der Waals surface area contributed by atoms with E-state index in [4.69, 9.17) is 0 Å². The van der Waals surface area contributed by atoms with Crippen molar-refractivity contribution >= 4 is 65.2 Å². The Kier molecular flexibility index (Phi) is 5.21. The second kappa shape index (κ2) is 9.49. The molecule has 2 aromatic heterocycles. The van der Waals surface area contributed by atoms with Gasteiger partial charge >= 0.3 is 0 Å². The first kappa shape index (κ1) is 26.9. The van der Waals surface area contributed by atoms with Crippen molar-refractivity contribution in [1.29, 1.82) is 0 Å². The molecule has 0 spiro atoms. The summed E-state index contributed by atoms with van der Waals surface area (Å²) in [5.41, 5.74) is 12.7. The number of rotatable bonds is 2. The van der Waals surface area contributed by atoms with Gasteiger partial charge in [0.15, 0.2) is 0 Å². The molecule has 11 rings (SSSR count). The van der Waals surface area contributed by atoms with E-state index in [0.717, 1.165) is 0 Å². The molecule has 0 atom stereocenters. The highest BCUT2D eigenvalue weighted by molar-refractivity contribution is 6.14. The third-order valence-electron chi connectivity index (χ3n) is 11.3. The summed E-state index contributed by atoms with van der Waals surface area (Å²) in [7, 11) is 0. The predicted octanol–water partition coefficient (Wildman–Crippen LogP) is 12.5. The van der Waals surface area contributed by atoms with Crippen molar-refractivity contribution < 1.29 is 0 Å². The Morgan fingerprint density at radius 3 is 1.45 bits per heavy atom. The van der Waals surface area contributed by atoms with Crippen LogP contribution >= 0.6 is 0 Å². The van der Waals surface area contributed by atoms with Gasteiger partial charge in [-0.15, -0.1) is 0 Å². The molecule has 1 aliphatic carbocycles. The average Bonchev–Trinajstić information content (AvgIpc) is 3.73. The van der Waals surface area contributed by atoms with Crippen molar-refractivity contribution in [3.63, 3.8) is 0 Å². The molecule has 0 saturated carbocycles.